The Bertz CT molecular complexity index is 867. The maximum absolute atomic E-state index is 12.8. The first-order chi connectivity index (χ1) is 11.6. The molecule has 24 heavy (non-hydrogen) atoms. The molecule has 2 atom stereocenters. The molecule has 4 rings (SSSR count). The molecule has 1 aromatic heterocycles. The van der Waals surface area contributed by atoms with E-state index in [-0.39, 0.29) is 36.0 Å². The number of aromatic nitrogens is 1. The van der Waals surface area contributed by atoms with Crippen LogP contribution in [0, 0.1) is 18.8 Å². The van der Waals surface area contributed by atoms with Crippen molar-refractivity contribution in [2.45, 2.75) is 19.8 Å². The Labute approximate surface area is 139 Å². The summed E-state index contributed by atoms with van der Waals surface area (Å²) in [5, 5.41) is 0.832. The van der Waals surface area contributed by atoms with Gasteiger partial charge in [-0.1, -0.05) is 30.4 Å². The number of ketones is 1. The monoisotopic (exact) mass is 322 g/mol. The molecule has 1 N–H and O–H groups in total. The summed E-state index contributed by atoms with van der Waals surface area (Å²) in [5.74, 6) is -1.20. The van der Waals surface area contributed by atoms with E-state index in [1.807, 2.05) is 43.3 Å². The Morgan fingerprint density at radius 1 is 1.12 bits per heavy atom. The van der Waals surface area contributed by atoms with Crippen LogP contribution < -0.4 is 0 Å². The molecule has 1 aromatic carbocycles. The lowest BCUT2D eigenvalue weighted by Gasteiger charge is -2.14. The number of hydrogen-bond acceptors (Lipinski definition) is 3. The summed E-state index contributed by atoms with van der Waals surface area (Å²) in [6.07, 6.45) is 5.07. The van der Waals surface area contributed by atoms with Gasteiger partial charge in [0.25, 0.3) is 0 Å². The first-order valence-electron chi connectivity index (χ1n) is 8.18. The molecule has 2 unspecified atom stereocenters. The molecule has 5 heteroatoms. The van der Waals surface area contributed by atoms with Gasteiger partial charge in [-0.2, -0.15) is 0 Å². The molecule has 0 radical (unpaired) electrons. The highest BCUT2D eigenvalue weighted by molar-refractivity contribution is 6.14. The minimum atomic E-state index is -0.292. The Hall–Kier alpha value is -2.69. The van der Waals surface area contributed by atoms with E-state index in [0.29, 0.717) is 18.4 Å². The Morgan fingerprint density at radius 3 is 2.42 bits per heavy atom. The zero-order valence-electron chi connectivity index (χ0n) is 13.4. The van der Waals surface area contributed by atoms with E-state index in [1.165, 1.54) is 0 Å². The van der Waals surface area contributed by atoms with Crippen LogP contribution in [0.15, 0.2) is 36.4 Å². The zero-order chi connectivity index (χ0) is 16.8. The van der Waals surface area contributed by atoms with Gasteiger partial charge in [0.05, 0.1) is 18.4 Å². The number of imide groups is 1. The number of allylic oxidation sites excluding steroid dienone is 2. The maximum Gasteiger partial charge on any atom is 0.233 e. The Balaban J connectivity index is 1.63. The third kappa shape index (κ3) is 2.12. The van der Waals surface area contributed by atoms with Crippen molar-refractivity contribution in [3.05, 3.63) is 47.7 Å². The van der Waals surface area contributed by atoms with Crippen molar-refractivity contribution in [2.24, 2.45) is 11.8 Å². The number of nitrogens with one attached hydrogen (secondary N) is 1. The lowest BCUT2D eigenvalue weighted by molar-refractivity contribution is -0.139. The van der Waals surface area contributed by atoms with Crippen molar-refractivity contribution in [1.29, 1.82) is 0 Å². The van der Waals surface area contributed by atoms with Gasteiger partial charge in [-0.05, 0) is 25.8 Å². The van der Waals surface area contributed by atoms with Crippen LogP contribution in [0.4, 0.5) is 0 Å². The van der Waals surface area contributed by atoms with E-state index in [0.717, 1.165) is 21.5 Å². The second kappa shape index (κ2) is 5.44. The number of fused-ring (bicyclic) bond motifs is 2. The summed E-state index contributed by atoms with van der Waals surface area (Å²) in [6.45, 7) is 1.66. The molecule has 1 saturated heterocycles. The molecule has 2 heterocycles. The van der Waals surface area contributed by atoms with Crippen LogP contribution in [-0.2, 0) is 9.59 Å². The summed E-state index contributed by atoms with van der Waals surface area (Å²) in [6, 6.07) is 7.56. The highest BCUT2D eigenvalue weighted by Crippen LogP contribution is 2.35. The number of nitrogens with zero attached hydrogens (tertiary/aromatic N) is 1. The van der Waals surface area contributed by atoms with Gasteiger partial charge in [0.2, 0.25) is 11.8 Å². The summed E-state index contributed by atoms with van der Waals surface area (Å²) < 4.78 is 0. The van der Waals surface area contributed by atoms with Crippen LogP contribution in [0.2, 0.25) is 0 Å². The van der Waals surface area contributed by atoms with Gasteiger partial charge >= 0.3 is 0 Å². The SMILES string of the molecule is Cc1[nH]c2ccccc2c1C(=O)CN1C(=O)C2CC=CCC2C1=O. The molecule has 0 bridgehead atoms. The summed E-state index contributed by atoms with van der Waals surface area (Å²) in [4.78, 5) is 42.2. The number of Topliss-reactive ketones (excluding diaryl/α,β-unsaturated/α-hetero) is 1. The van der Waals surface area contributed by atoms with Crippen molar-refractivity contribution in [3.63, 3.8) is 0 Å². The van der Waals surface area contributed by atoms with Gasteiger partial charge < -0.3 is 4.98 Å². The fraction of sp³-hybridized carbons (Fsp3) is 0.316. The molecule has 5 nitrogen and oxygen atoms in total. The highest BCUT2D eigenvalue weighted by atomic mass is 16.2. The predicted molar refractivity (Wildman–Crippen MR) is 89.4 cm³/mol. The Morgan fingerprint density at radius 2 is 1.75 bits per heavy atom. The molecule has 2 amide bonds. The number of likely N-dealkylation sites (tertiary alicyclic amines) is 1. The van der Waals surface area contributed by atoms with Crippen LogP contribution in [0.1, 0.15) is 28.9 Å². The second-order valence-electron chi connectivity index (χ2n) is 6.51. The molecule has 1 fully saturated rings. The van der Waals surface area contributed by atoms with Crippen molar-refractivity contribution in [1.82, 2.24) is 9.88 Å². The predicted octanol–water partition coefficient (Wildman–Crippen LogP) is 2.61. The zero-order valence-corrected chi connectivity index (χ0v) is 13.4. The number of carbonyl (C=O) groups excluding carboxylic acids is 3. The largest absolute Gasteiger partial charge is 0.358 e. The molecule has 2 aromatic rings. The average molecular weight is 322 g/mol. The second-order valence-corrected chi connectivity index (χ2v) is 6.51. The maximum atomic E-state index is 12.8. The molecule has 0 saturated carbocycles. The van der Waals surface area contributed by atoms with Crippen LogP contribution >= 0.6 is 0 Å². The highest BCUT2D eigenvalue weighted by Gasteiger charge is 2.47. The fourth-order valence-electron chi connectivity index (χ4n) is 3.88. The van der Waals surface area contributed by atoms with Crippen LogP contribution in [0.25, 0.3) is 10.9 Å². The van der Waals surface area contributed by atoms with Gasteiger partial charge in [0, 0.05) is 22.2 Å². The quantitative estimate of drug-likeness (QED) is 0.536. The van der Waals surface area contributed by atoms with E-state index in [4.69, 9.17) is 0 Å². The number of para-hydroxylation sites is 1. The lowest BCUT2D eigenvalue weighted by Crippen LogP contribution is -2.36. The minimum absolute atomic E-state index is 0.173. The molecule has 122 valence electrons. The van der Waals surface area contributed by atoms with Gasteiger partial charge in [0.1, 0.15) is 0 Å². The van der Waals surface area contributed by atoms with Crippen molar-refractivity contribution < 1.29 is 14.4 Å². The number of aryl methyl sites for hydroxylation is 1. The number of H-pyrrole nitrogens is 1. The molecule has 0 spiro atoms. The first kappa shape index (κ1) is 14.9. The van der Waals surface area contributed by atoms with E-state index < -0.39 is 0 Å². The number of rotatable bonds is 3. The van der Waals surface area contributed by atoms with Gasteiger partial charge in [-0.25, -0.2) is 0 Å². The molecule has 1 aliphatic heterocycles. The Kier molecular flexibility index (Phi) is 3.37. The first-order valence-corrected chi connectivity index (χ1v) is 8.18. The van der Waals surface area contributed by atoms with Gasteiger partial charge in [0.15, 0.2) is 5.78 Å². The standard InChI is InChI=1S/C19H18N2O3/c1-11-17(14-8-4-5-9-15(14)20-11)16(22)10-21-18(23)12-6-2-3-7-13(12)19(21)24/h2-5,8-9,12-13,20H,6-7,10H2,1H3. The van der Waals surface area contributed by atoms with Crippen LogP contribution in [0.5, 0.6) is 0 Å². The van der Waals surface area contributed by atoms with Crippen molar-refractivity contribution >= 4 is 28.5 Å². The fourth-order valence-corrected chi connectivity index (χ4v) is 3.88. The number of hydrogen-bond donors (Lipinski definition) is 1. The lowest BCUT2D eigenvalue weighted by atomic mass is 9.85. The van der Waals surface area contributed by atoms with Crippen molar-refractivity contribution in [3.8, 4) is 0 Å². The van der Waals surface area contributed by atoms with E-state index in [2.05, 4.69) is 4.98 Å². The summed E-state index contributed by atoms with van der Waals surface area (Å²) in [5.41, 5.74) is 2.22. The third-order valence-corrected chi connectivity index (χ3v) is 5.07. The van der Waals surface area contributed by atoms with Crippen molar-refractivity contribution in [2.75, 3.05) is 6.54 Å². The average Bonchev–Trinajstić information content (AvgIpc) is 3.04. The third-order valence-electron chi connectivity index (χ3n) is 5.07. The normalized spacial score (nSPS) is 23.1. The van der Waals surface area contributed by atoms with Crippen LogP contribution in [-0.4, -0.2) is 34.0 Å². The topological polar surface area (TPSA) is 70.2 Å². The number of aromatic amines is 1. The molecular weight excluding hydrogens is 304 g/mol. The smallest absolute Gasteiger partial charge is 0.233 e. The molecular formula is C19H18N2O3. The summed E-state index contributed by atoms with van der Waals surface area (Å²) in [7, 11) is 0. The number of carbonyl (C=O) groups is 3. The number of amides is 2. The van der Waals surface area contributed by atoms with E-state index in [9.17, 15) is 14.4 Å². The van der Waals surface area contributed by atoms with Gasteiger partial charge in [-0.15, -0.1) is 0 Å². The van der Waals surface area contributed by atoms with E-state index >= 15 is 0 Å². The molecule has 1 aliphatic carbocycles. The van der Waals surface area contributed by atoms with Crippen LogP contribution in [0.3, 0.4) is 0 Å². The van der Waals surface area contributed by atoms with Gasteiger partial charge in [-0.3, -0.25) is 19.3 Å². The number of benzene rings is 1. The van der Waals surface area contributed by atoms with E-state index in [1.54, 1.807) is 0 Å². The summed E-state index contributed by atoms with van der Waals surface area (Å²) >= 11 is 0. The minimum Gasteiger partial charge on any atom is -0.358 e. The molecule has 2 aliphatic rings.